The molecule has 0 saturated heterocycles. The van der Waals surface area contributed by atoms with Crippen molar-refractivity contribution in [3.05, 3.63) is 34.3 Å². The molecule has 15 heavy (non-hydrogen) atoms. The van der Waals surface area contributed by atoms with E-state index < -0.39 is 0 Å². The van der Waals surface area contributed by atoms with Crippen LogP contribution in [0.3, 0.4) is 0 Å². The fourth-order valence-electron chi connectivity index (χ4n) is 1.92. The molecule has 0 amide bonds. The van der Waals surface area contributed by atoms with Gasteiger partial charge in [0.15, 0.2) is 5.82 Å². The molecule has 3 rings (SSSR count). The van der Waals surface area contributed by atoms with E-state index >= 15 is 0 Å². The number of rotatable bonds is 0. The van der Waals surface area contributed by atoms with Gasteiger partial charge in [-0.25, -0.2) is 14.1 Å². The van der Waals surface area contributed by atoms with Crippen LogP contribution in [-0.4, -0.2) is 14.8 Å². The van der Waals surface area contributed by atoms with Gasteiger partial charge in [0, 0.05) is 11.0 Å². The quantitative estimate of drug-likeness (QED) is 0.734. The molecule has 0 bridgehead atoms. The fraction of sp³-hybridized carbons (Fsp3) is 0.200. The molecular formula is C10H7BrFN3. The molecule has 0 radical (unpaired) electrons. The highest BCUT2D eigenvalue weighted by Crippen LogP contribution is 2.32. The Morgan fingerprint density at radius 1 is 1.40 bits per heavy atom. The summed E-state index contributed by atoms with van der Waals surface area (Å²) in [4.78, 5) is 4.09. The molecule has 0 unspecified atom stereocenters. The number of aromatic nitrogens is 3. The van der Waals surface area contributed by atoms with Gasteiger partial charge in [0.2, 0.25) is 0 Å². The lowest BCUT2D eigenvalue weighted by molar-refractivity contribution is 0.580. The van der Waals surface area contributed by atoms with Crippen LogP contribution in [0.1, 0.15) is 5.56 Å². The maximum Gasteiger partial charge on any atom is 0.161 e. The first-order valence-corrected chi connectivity index (χ1v) is 5.41. The third kappa shape index (κ3) is 1.30. The van der Waals surface area contributed by atoms with Crippen molar-refractivity contribution in [2.75, 3.05) is 0 Å². The lowest BCUT2D eigenvalue weighted by Crippen LogP contribution is -2.13. The molecular weight excluding hydrogens is 261 g/mol. The highest BCUT2D eigenvalue weighted by atomic mass is 79.9. The Balaban J connectivity index is 2.32. The third-order valence-corrected chi connectivity index (χ3v) is 3.03. The molecule has 2 heterocycles. The van der Waals surface area contributed by atoms with E-state index in [9.17, 15) is 4.39 Å². The molecule has 1 aromatic heterocycles. The Bertz CT molecular complexity index is 535. The highest BCUT2D eigenvalue weighted by molar-refractivity contribution is 9.10. The predicted octanol–water partition coefficient (Wildman–Crippen LogP) is 2.40. The number of fused-ring (bicyclic) bond motifs is 3. The normalized spacial score (nSPS) is 13.5. The summed E-state index contributed by atoms with van der Waals surface area (Å²) < 4.78 is 16.3. The minimum absolute atomic E-state index is 0.242. The van der Waals surface area contributed by atoms with Crippen molar-refractivity contribution in [2.45, 2.75) is 13.0 Å². The monoisotopic (exact) mass is 267 g/mol. The summed E-state index contributed by atoms with van der Waals surface area (Å²) in [6.45, 7) is 0.762. The SMILES string of the molecule is Fc1cc(Br)cc2c1-c1ncnn1CC2. The van der Waals surface area contributed by atoms with Gasteiger partial charge in [0.25, 0.3) is 0 Å². The van der Waals surface area contributed by atoms with Crippen LogP contribution < -0.4 is 0 Å². The number of aryl methyl sites for hydroxylation is 2. The van der Waals surface area contributed by atoms with Crippen LogP contribution in [0.2, 0.25) is 0 Å². The van der Waals surface area contributed by atoms with Gasteiger partial charge in [0.05, 0.1) is 5.56 Å². The van der Waals surface area contributed by atoms with E-state index in [4.69, 9.17) is 0 Å². The average molecular weight is 268 g/mol. The average Bonchev–Trinajstić information content (AvgIpc) is 2.63. The maximum atomic E-state index is 13.8. The first-order valence-electron chi connectivity index (χ1n) is 4.62. The second-order valence-electron chi connectivity index (χ2n) is 3.48. The molecule has 1 aliphatic heterocycles. The second-order valence-corrected chi connectivity index (χ2v) is 4.39. The van der Waals surface area contributed by atoms with Crippen molar-refractivity contribution in [3.63, 3.8) is 0 Å². The minimum Gasteiger partial charge on any atom is -0.245 e. The van der Waals surface area contributed by atoms with Crippen LogP contribution >= 0.6 is 15.9 Å². The molecule has 2 aromatic rings. The Labute approximate surface area is 94.1 Å². The van der Waals surface area contributed by atoms with E-state index in [2.05, 4.69) is 26.0 Å². The first-order chi connectivity index (χ1) is 7.25. The van der Waals surface area contributed by atoms with Gasteiger partial charge in [-0.05, 0) is 24.1 Å². The molecule has 3 nitrogen and oxygen atoms in total. The lowest BCUT2D eigenvalue weighted by atomic mass is 10.0. The van der Waals surface area contributed by atoms with E-state index in [1.54, 1.807) is 4.68 Å². The van der Waals surface area contributed by atoms with Crippen molar-refractivity contribution in [1.82, 2.24) is 14.8 Å². The molecule has 0 aliphatic carbocycles. The topological polar surface area (TPSA) is 30.7 Å². The number of benzene rings is 1. The van der Waals surface area contributed by atoms with Crippen LogP contribution in [0, 0.1) is 5.82 Å². The molecule has 5 heteroatoms. The van der Waals surface area contributed by atoms with Gasteiger partial charge in [-0.1, -0.05) is 15.9 Å². The van der Waals surface area contributed by atoms with Gasteiger partial charge in [-0.3, -0.25) is 0 Å². The summed E-state index contributed by atoms with van der Waals surface area (Å²) >= 11 is 3.29. The zero-order chi connectivity index (χ0) is 10.4. The summed E-state index contributed by atoms with van der Waals surface area (Å²) in [7, 11) is 0. The van der Waals surface area contributed by atoms with Gasteiger partial charge < -0.3 is 0 Å². The fourth-order valence-corrected chi connectivity index (χ4v) is 2.40. The molecule has 1 aromatic carbocycles. The molecule has 0 fully saturated rings. The van der Waals surface area contributed by atoms with E-state index in [0.29, 0.717) is 11.4 Å². The summed E-state index contributed by atoms with van der Waals surface area (Å²) in [5, 5.41) is 4.05. The van der Waals surface area contributed by atoms with Crippen LogP contribution in [0.5, 0.6) is 0 Å². The molecule has 0 atom stereocenters. The highest BCUT2D eigenvalue weighted by Gasteiger charge is 2.21. The largest absolute Gasteiger partial charge is 0.245 e. The maximum absolute atomic E-state index is 13.8. The van der Waals surface area contributed by atoms with Gasteiger partial charge in [-0.15, -0.1) is 0 Å². The number of hydrogen-bond acceptors (Lipinski definition) is 2. The Morgan fingerprint density at radius 3 is 3.13 bits per heavy atom. The van der Waals surface area contributed by atoms with Crippen molar-refractivity contribution < 1.29 is 4.39 Å². The van der Waals surface area contributed by atoms with Crippen molar-refractivity contribution in [3.8, 4) is 11.4 Å². The van der Waals surface area contributed by atoms with Crippen molar-refractivity contribution in [2.24, 2.45) is 0 Å². The second kappa shape index (κ2) is 3.13. The molecule has 0 spiro atoms. The minimum atomic E-state index is -0.242. The number of hydrogen-bond donors (Lipinski definition) is 0. The number of nitrogens with zero attached hydrogens (tertiary/aromatic N) is 3. The van der Waals surface area contributed by atoms with Gasteiger partial charge in [-0.2, -0.15) is 5.10 Å². The standard InChI is InChI=1S/C10H7BrFN3/c11-7-3-6-1-2-15-10(13-5-14-15)9(6)8(12)4-7/h3-5H,1-2H2. The molecule has 0 N–H and O–H groups in total. The van der Waals surface area contributed by atoms with E-state index in [1.807, 2.05) is 6.07 Å². The zero-order valence-corrected chi connectivity index (χ0v) is 9.33. The number of halogens is 2. The van der Waals surface area contributed by atoms with E-state index in [0.717, 1.165) is 23.0 Å². The zero-order valence-electron chi connectivity index (χ0n) is 7.74. The molecule has 1 aliphatic rings. The Morgan fingerprint density at radius 2 is 2.27 bits per heavy atom. The molecule has 0 saturated carbocycles. The first kappa shape index (κ1) is 9.03. The Kier molecular flexibility index (Phi) is 1.88. The summed E-state index contributed by atoms with van der Waals surface area (Å²) in [6, 6.07) is 3.40. The van der Waals surface area contributed by atoms with Crippen LogP contribution in [0.25, 0.3) is 11.4 Å². The summed E-state index contributed by atoms with van der Waals surface area (Å²) in [5.74, 6) is 0.384. The van der Waals surface area contributed by atoms with Crippen LogP contribution in [-0.2, 0) is 13.0 Å². The Hall–Kier alpha value is -1.23. The summed E-state index contributed by atoms with van der Waals surface area (Å²) in [5.41, 5.74) is 1.57. The van der Waals surface area contributed by atoms with E-state index in [1.165, 1.54) is 12.4 Å². The predicted molar refractivity (Wildman–Crippen MR) is 56.8 cm³/mol. The van der Waals surface area contributed by atoms with E-state index in [-0.39, 0.29) is 5.82 Å². The van der Waals surface area contributed by atoms with Gasteiger partial charge in [0.1, 0.15) is 12.1 Å². The molecule has 76 valence electrons. The van der Waals surface area contributed by atoms with Crippen molar-refractivity contribution in [1.29, 1.82) is 0 Å². The lowest BCUT2D eigenvalue weighted by Gasteiger charge is -2.17. The van der Waals surface area contributed by atoms with Gasteiger partial charge >= 0.3 is 0 Å². The third-order valence-electron chi connectivity index (χ3n) is 2.57. The van der Waals surface area contributed by atoms with Crippen molar-refractivity contribution >= 4 is 15.9 Å². The van der Waals surface area contributed by atoms with Crippen LogP contribution in [0.4, 0.5) is 4.39 Å². The summed E-state index contributed by atoms with van der Waals surface area (Å²) in [6.07, 6.45) is 2.26. The van der Waals surface area contributed by atoms with Crippen LogP contribution in [0.15, 0.2) is 22.9 Å². The smallest absolute Gasteiger partial charge is 0.161 e.